The van der Waals surface area contributed by atoms with Crippen LogP contribution in [0, 0.1) is 0 Å². The number of carbonyl (C=O) groups is 1. The molecule has 0 heterocycles. The van der Waals surface area contributed by atoms with Gasteiger partial charge in [0.1, 0.15) is 0 Å². The van der Waals surface area contributed by atoms with Gasteiger partial charge < -0.3 is 10.2 Å². The second kappa shape index (κ2) is 9.93. The van der Waals surface area contributed by atoms with Crippen molar-refractivity contribution in [3.63, 3.8) is 0 Å². The Morgan fingerprint density at radius 1 is 1.33 bits per heavy atom. The Morgan fingerprint density at radius 3 is 1.33 bits per heavy atom. The van der Waals surface area contributed by atoms with Crippen LogP contribution in [0.4, 0.5) is 4.79 Å². The van der Waals surface area contributed by atoms with Gasteiger partial charge in [0.05, 0.1) is 0 Å². The molecule has 2 N–H and O–H groups in total. The fourth-order valence-electron chi connectivity index (χ4n) is 0. The summed E-state index contributed by atoms with van der Waals surface area (Å²) in [5.74, 6) is 0. The average molecular weight is 277 g/mol. The molecule has 0 saturated heterocycles. The van der Waals surface area contributed by atoms with Crippen LogP contribution in [-0.2, 0) is 0 Å². The monoisotopic (exact) mass is 276 g/mol. The number of rotatable bonds is 0. The molecule has 0 aromatic heterocycles. The van der Waals surface area contributed by atoms with Crippen LogP contribution in [0.1, 0.15) is 0 Å². The van der Waals surface area contributed by atoms with Crippen molar-refractivity contribution in [3.05, 3.63) is 0 Å². The predicted molar refractivity (Wildman–Crippen MR) is 28.1 cm³/mol. The molecule has 0 saturated carbocycles. The normalized spacial score (nSPS) is 4.00. The summed E-state index contributed by atoms with van der Waals surface area (Å²) in [6.07, 6.45) is -1.83. The van der Waals surface area contributed by atoms with Gasteiger partial charge >= 0.3 is 75.0 Å². The van der Waals surface area contributed by atoms with Gasteiger partial charge in [-0.25, -0.2) is 4.79 Å². The quantitative estimate of drug-likeness (QED) is 0.662. The zero-order valence-corrected chi connectivity index (χ0v) is 3.92. The third kappa shape index (κ3) is 41.2. The Morgan fingerprint density at radius 2 is 1.33 bits per heavy atom. The number of hydrogen-bond donors (Lipinski definition) is 2. The first-order valence-electron chi connectivity index (χ1n) is 0.651. The van der Waals surface area contributed by atoms with Gasteiger partial charge in [0, 0.05) is 0 Å². The van der Waals surface area contributed by atoms with Gasteiger partial charge in [-0.05, 0) is 0 Å². The minimum absolute atomic E-state index is 0. The molecule has 0 amide bonds. The molecule has 0 aromatic rings. The second-order valence-corrected chi connectivity index (χ2v) is 0.283. The van der Waals surface area contributed by atoms with Crippen molar-refractivity contribution >= 4 is 92.0 Å². The molecule has 0 rings (SSSR count). The predicted octanol–water partition coefficient (Wildman–Crippen LogP) is 0.152. The van der Waals surface area contributed by atoms with Crippen molar-refractivity contribution in [2.45, 2.75) is 0 Å². The molecular weight excluding hydrogens is 273 g/mol. The summed E-state index contributed by atoms with van der Waals surface area (Å²) in [7, 11) is 0. The number of hydrogen-bond acceptors (Lipinski definition) is 1. The molecule has 0 bridgehead atoms. The summed E-state index contributed by atoms with van der Waals surface area (Å²) in [5, 5.41) is 13.9. The van der Waals surface area contributed by atoms with Gasteiger partial charge in [-0.15, -0.1) is 17.0 Å². The summed E-state index contributed by atoms with van der Waals surface area (Å²) in [6.45, 7) is 0. The Balaban J connectivity index is -0.0000000450. The van der Waals surface area contributed by atoms with Crippen LogP contribution in [0.5, 0.6) is 0 Å². The molecule has 0 fully saturated rings. The fourth-order valence-corrected chi connectivity index (χ4v) is 0. The molecule has 3 nitrogen and oxygen atoms in total. The van der Waals surface area contributed by atoms with Crippen LogP contribution in [0.2, 0.25) is 0 Å². The van der Waals surface area contributed by atoms with Crippen LogP contribution in [-0.4, -0.2) is 85.3 Å². The van der Waals surface area contributed by atoms with Crippen molar-refractivity contribution in [2.24, 2.45) is 0 Å². The van der Waals surface area contributed by atoms with Crippen LogP contribution >= 0.6 is 17.0 Å². The molecule has 0 aliphatic heterocycles. The number of carboxylic acid groups (broad SMARTS) is 2. The Hall–Kier alpha value is 1.80. The second-order valence-electron chi connectivity index (χ2n) is 0.283. The van der Waals surface area contributed by atoms with Gasteiger partial charge in [0.25, 0.3) is 0 Å². The van der Waals surface area contributed by atoms with Crippen LogP contribution in [0.25, 0.3) is 0 Å². The van der Waals surface area contributed by atoms with Crippen molar-refractivity contribution in [1.82, 2.24) is 0 Å². The molecule has 0 radical (unpaired) electrons. The molecule has 0 aliphatic rings. The summed E-state index contributed by atoms with van der Waals surface area (Å²) in [4.78, 5) is 8.56. The first-order valence-corrected chi connectivity index (χ1v) is 0.651. The fraction of sp³-hybridized carbons (Fsp3) is 0. The molecule has 6 heavy (non-hydrogen) atoms. The summed E-state index contributed by atoms with van der Waals surface area (Å²) >= 11 is 0. The zero-order valence-electron chi connectivity index (χ0n) is 2.21. The van der Waals surface area contributed by atoms with Crippen LogP contribution < -0.4 is 0 Å². The summed E-state index contributed by atoms with van der Waals surface area (Å²) in [6, 6.07) is 0. The van der Waals surface area contributed by atoms with Crippen LogP contribution in [0.3, 0.4) is 0 Å². The summed E-state index contributed by atoms with van der Waals surface area (Å²) < 4.78 is 0. The first-order chi connectivity index (χ1) is 1.73. The Kier molecular flexibility index (Phi) is 25.9. The molecule has 0 aliphatic carbocycles. The zero-order chi connectivity index (χ0) is 3.58. The van der Waals surface area contributed by atoms with E-state index >= 15 is 0 Å². The SMILES string of the molecule is Br.O=C(O)O.[CsH]. The average Bonchev–Trinajstić information content (AvgIpc) is 0.811. The maximum atomic E-state index is 8.56. The third-order valence-electron chi connectivity index (χ3n) is 0. The van der Waals surface area contributed by atoms with Crippen molar-refractivity contribution in [1.29, 1.82) is 0 Å². The molecule has 5 heteroatoms. The van der Waals surface area contributed by atoms with E-state index in [9.17, 15) is 0 Å². The molecular formula is CH4BrCsO3. The van der Waals surface area contributed by atoms with E-state index in [0.29, 0.717) is 0 Å². The van der Waals surface area contributed by atoms with Gasteiger partial charge in [-0.2, -0.15) is 0 Å². The maximum absolute atomic E-state index is 8.56. The molecule has 34 valence electrons. The minimum atomic E-state index is -1.83. The standard InChI is InChI=1S/CH2O3.BrH.Cs.H/c2-1(3)4;;;/h(H2,2,3,4);1H;;. The van der Waals surface area contributed by atoms with E-state index in [1.165, 1.54) is 0 Å². The van der Waals surface area contributed by atoms with Crippen molar-refractivity contribution in [2.75, 3.05) is 0 Å². The van der Waals surface area contributed by atoms with E-state index in [4.69, 9.17) is 15.0 Å². The van der Waals surface area contributed by atoms with Gasteiger partial charge in [0.2, 0.25) is 0 Å². The molecule has 0 aromatic carbocycles. The Bertz CT molecular complexity index is 33.8. The van der Waals surface area contributed by atoms with E-state index in [1.807, 2.05) is 0 Å². The third-order valence-corrected chi connectivity index (χ3v) is 0. The van der Waals surface area contributed by atoms with Gasteiger partial charge in [-0.3, -0.25) is 0 Å². The Labute approximate surface area is 104 Å². The van der Waals surface area contributed by atoms with Crippen LogP contribution in [0.15, 0.2) is 0 Å². The van der Waals surface area contributed by atoms with Gasteiger partial charge in [0.15, 0.2) is 0 Å². The number of halogens is 1. The van der Waals surface area contributed by atoms with E-state index in [1.54, 1.807) is 0 Å². The molecule has 0 atom stereocenters. The van der Waals surface area contributed by atoms with E-state index < -0.39 is 6.16 Å². The van der Waals surface area contributed by atoms with E-state index in [0.717, 1.165) is 0 Å². The molecule has 0 unspecified atom stereocenters. The van der Waals surface area contributed by atoms with Crippen molar-refractivity contribution in [3.8, 4) is 0 Å². The summed E-state index contributed by atoms with van der Waals surface area (Å²) in [5.41, 5.74) is 0. The van der Waals surface area contributed by atoms with E-state index in [2.05, 4.69) is 0 Å². The first kappa shape index (κ1) is 15.7. The molecule has 0 spiro atoms. The van der Waals surface area contributed by atoms with Gasteiger partial charge in [-0.1, -0.05) is 0 Å². The topological polar surface area (TPSA) is 57.5 Å². The van der Waals surface area contributed by atoms with E-state index in [-0.39, 0.29) is 85.9 Å². The van der Waals surface area contributed by atoms with Crippen molar-refractivity contribution < 1.29 is 15.0 Å².